The first-order valence-electron chi connectivity index (χ1n) is 7.56. The minimum atomic E-state index is -0.456. The number of carbonyl (C=O) groups is 1. The van der Waals surface area contributed by atoms with Crippen molar-refractivity contribution in [3.63, 3.8) is 0 Å². The molecule has 0 saturated heterocycles. The number of hydrogen-bond donors (Lipinski definition) is 0. The fourth-order valence-electron chi connectivity index (χ4n) is 2.37. The van der Waals surface area contributed by atoms with Crippen LogP contribution < -0.4 is 0 Å². The number of para-hydroxylation sites is 1. The van der Waals surface area contributed by atoms with Crippen molar-refractivity contribution in [2.75, 3.05) is 6.61 Å². The summed E-state index contributed by atoms with van der Waals surface area (Å²) in [4.78, 5) is 12.0. The molecular weight excluding hydrogens is 302 g/mol. The SMILES string of the molecule is CCOC(=O)c1cc(-c2ccc(C#N)cc2)n(-c2ccccc2)n1. The van der Waals surface area contributed by atoms with Gasteiger partial charge in [0.25, 0.3) is 0 Å². The number of hydrogen-bond acceptors (Lipinski definition) is 4. The van der Waals surface area contributed by atoms with E-state index in [9.17, 15) is 4.79 Å². The zero-order chi connectivity index (χ0) is 16.9. The van der Waals surface area contributed by atoms with Crippen LogP contribution in [0.3, 0.4) is 0 Å². The molecule has 118 valence electrons. The van der Waals surface area contributed by atoms with Crippen molar-refractivity contribution < 1.29 is 9.53 Å². The summed E-state index contributed by atoms with van der Waals surface area (Å²) < 4.78 is 6.75. The number of esters is 1. The first-order chi connectivity index (χ1) is 11.7. The molecule has 0 aliphatic heterocycles. The van der Waals surface area contributed by atoms with E-state index < -0.39 is 5.97 Å². The summed E-state index contributed by atoms with van der Waals surface area (Å²) in [7, 11) is 0. The van der Waals surface area contributed by atoms with Crippen LogP contribution >= 0.6 is 0 Å². The third-order valence-corrected chi connectivity index (χ3v) is 3.50. The van der Waals surface area contributed by atoms with Crippen LogP contribution in [0.15, 0.2) is 60.7 Å². The lowest BCUT2D eigenvalue weighted by Gasteiger charge is -2.07. The molecule has 24 heavy (non-hydrogen) atoms. The van der Waals surface area contributed by atoms with Crippen LogP contribution in [-0.4, -0.2) is 22.4 Å². The maximum atomic E-state index is 12.0. The van der Waals surface area contributed by atoms with E-state index in [4.69, 9.17) is 10.00 Å². The molecule has 0 radical (unpaired) electrons. The van der Waals surface area contributed by atoms with Gasteiger partial charge < -0.3 is 4.74 Å². The number of aromatic nitrogens is 2. The third-order valence-electron chi connectivity index (χ3n) is 3.50. The molecule has 0 amide bonds. The van der Waals surface area contributed by atoms with Crippen LogP contribution in [0.4, 0.5) is 0 Å². The van der Waals surface area contributed by atoms with Gasteiger partial charge in [-0.15, -0.1) is 0 Å². The zero-order valence-corrected chi connectivity index (χ0v) is 13.1. The summed E-state index contributed by atoms with van der Waals surface area (Å²) in [5.74, 6) is -0.456. The van der Waals surface area contributed by atoms with Crippen molar-refractivity contribution in [2.24, 2.45) is 0 Å². The topological polar surface area (TPSA) is 67.9 Å². The van der Waals surface area contributed by atoms with E-state index in [0.717, 1.165) is 16.9 Å². The smallest absolute Gasteiger partial charge is 0.358 e. The molecule has 1 heterocycles. The van der Waals surface area contributed by atoms with Crippen molar-refractivity contribution in [2.45, 2.75) is 6.92 Å². The van der Waals surface area contributed by atoms with Gasteiger partial charge in [-0.25, -0.2) is 9.48 Å². The summed E-state index contributed by atoms with van der Waals surface area (Å²) in [6, 6.07) is 20.5. The van der Waals surface area contributed by atoms with Crippen molar-refractivity contribution in [3.05, 3.63) is 71.9 Å². The van der Waals surface area contributed by atoms with Crippen molar-refractivity contribution in [3.8, 4) is 23.0 Å². The van der Waals surface area contributed by atoms with E-state index in [1.54, 1.807) is 29.8 Å². The van der Waals surface area contributed by atoms with Crippen LogP contribution in [-0.2, 0) is 4.74 Å². The quantitative estimate of drug-likeness (QED) is 0.690. The Hall–Kier alpha value is -3.39. The highest BCUT2D eigenvalue weighted by atomic mass is 16.5. The third kappa shape index (κ3) is 3.03. The molecule has 0 aliphatic carbocycles. The van der Waals surface area contributed by atoms with Crippen molar-refractivity contribution in [1.82, 2.24) is 9.78 Å². The van der Waals surface area contributed by atoms with Gasteiger partial charge in [-0.1, -0.05) is 30.3 Å². The largest absolute Gasteiger partial charge is 0.461 e. The maximum absolute atomic E-state index is 12.0. The molecule has 0 bridgehead atoms. The number of nitriles is 1. The highest BCUT2D eigenvalue weighted by Crippen LogP contribution is 2.24. The molecule has 0 aliphatic rings. The molecule has 3 rings (SSSR count). The molecule has 3 aromatic rings. The van der Waals surface area contributed by atoms with Gasteiger partial charge in [-0.05, 0) is 37.3 Å². The molecule has 2 aromatic carbocycles. The van der Waals surface area contributed by atoms with E-state index in [2.05, 4.69) is 11.2 Å². The molecule has 0 saturated carbocycles. The molecule has 1 aromatic heterocycles. The summed E-state index contributed by atoms with van der Waals surface area (Å²) in [6.07, 6.45) is 0. The van der Waals surface area contributed by atoms with Gasteiger partial charge in [0.2, 0.25) is 0 Å². The number of ether oxygens (including phenoxy) is 1. The van der Waals surface area contributed by atoms with Crippen LogP contribution in [0.2, 0.25) is 0 Å². The fourth-order valence-corrected chi connectivity index (χ4v) is 2.37. The van der Waals surface area contributed by atoms with Crippen LogP contribution in [0.25, 0.3) is 16.9 Å². The first kappa shape index (κ1) is 15.5. The summed E-state index contributed by atoms with van der Waals surface area (Å²) in [5, 5.41) is 13.3. The minimum Gasteiger partial charge on any atom is -0.461 e. The normalized spacial score (nSPS) is 10.2. The Morgan fingerprint density at radius 3 is 2.50 bits per heavy atom. The lowest BCUT2D eigenvalue weighted by molar-refractivity contribution is 0.0519. The van der Waals surface area contributed by atoms with Crippen LogP contribution in [0.5, 0.6) is 0 Å². The predicted molar refractivity (Wildman–Crippen MR) is 89.7 cm³/mol. The van der Waals surface area contributed by atoms with Gasteiger partial charge >= 0.3 is 5.97 Å². The van der Waals surface area contributed by atoms with E-state index in [-0.39, 0.29) is 5.69 Å². The van der Waals surface area contributed by atoms with Gasteiger partial charge in [-0.3, -0.25) is 0 Å². The van der Waals surface area contributed by atoms with Crippen molar-refractivity contribution >= 4 is 5.97 Å². The summed E-state index contributed by atoms with van der Waals surface area (Å²) >= 11 is 0. The lowest BCUT2D eigenvalue weighted by atomic mass is 10.1. The lowest BCUT2D eigenvalue weighted by Crippen LogP contribution is -2.06. The molecule has 5 nitrogen and oxygen atoms in total. The molecule has 0 spiro atoms. The zero-order valence-electron chi connectivity index (χ0n) is 13.1. The number of benzene rings is 2. The Morgan fingerprint density at radius 1 is 1.17 bits per heavy atom. The Kier molecular flexibility index (Phi) is 4.39. The molecule has 0 unspecified atom stereocenters. The molecule has 0 atom stereocenters. The molecular formula is C19H15N3O2. The second kappa shape index (κ2) is 6.80. The number of rotatable bonds is 4. The van der Waals surface area contributed by atoms with Gasteiger partial charge in [0.15, 0.2) is 5.69 Å². The van der Waals surface area contributed by atoms with Gasteiger partial charge in [0.1, 0.15) is 0 Å². The van der Waals surface area contributed by atoms with E-state index in [1.807, 2.05) is 42.5 Å². The fraction of sp³-hybridized carbons (Fsp3) is 0.105. The molecule has 5 heteroatoms. The number of carbonyl (C=O) groups excluding carboxylic acids is 1. The maximum Gasteiger partial charge on any atom is 0.358 e. The Morgan fingerprint density at radius 2 is 1.88 bits per heavy atom. The monoisotopic (exact) mass is 317 g/mol. The summed E-state index contributed by atoms with van der Waals surface area (Å²) in [6.45, 7) is 2.05. The summed E-state index contributed by atoms with van der Waals surface area (Å²) in [5.41, 5.74) is 3.29. The van der Waals surface area contributed by atoms with Crippen molar-refractivity contribution in [1.29, 1.82) is 5.26 Å². The highest BCUT2D eigenvalue weighted by molar-refractivity contribution is 5.89. The second-order valence-corrected chi connectivity index (χ2v) is 5.07. The Labute approximate surface area is 139 Å². The minimum absolute atomic E-state index is 0.250. The molecule has 0 fully saturated rings. The second-order valence-electron chi connectivity index (χ2n) is 5.07. The first-order valence-corrected chi connectivity index (χ1v) is 7.56. The van der Waals surface area contributed by atoms with Crippen LogP contribution in [0.1, 0.15) is 23.0 Å². The average molecular weight is 317 g/mol. The standard InChI is InChI=1S/C19H15N3O2/c1-2-24-19(23)17-12-18(15-10-8-14(13-20)9-11-15)22(21-17)16-6-4-3-5-7-16/h3-12H,2H2,1H3. The van der Waals surface area contributed by atoms with Gasteiger partial charge in [-0.2, -0.15) is 10.4 Å². The van der Waals surface area contributed by atoms with E-state index >= 15 is 0 Å². The molecule has 0 N–H and O–H groups in total. The van der Waals surface area contributed by atoms with Crippen LogP contribution in [0, 0.1) is 11.3 Å². The van der Waals surface area contributed by atoms with E-state index in [1.165, 1.54) is 0 Å². The van der Waals surface area contributed by atoms with E-state index in [0.29, 0.717) is 12.2 Å². The number of nitrogens with zero attached hydrogens (tertiary/aromatic N) is 3. The van der Waals surface area contributed by atoms with Gasteiger partial charge in [0.05, 0.1) is 29.6 Å². The Bertz CT molecular complexity index is 891. The average Bonchev–Trinajstić information content (AvgIpc) is 3.08. The van der Waals surface area contributed by atoms with Gasteiger partial charge in [0, 0.05) is 5.56 Å². The highest BCUT2D eigenvalue weighted by Gasteiger charge is 2.17. The Balaban J connectivity index is 2.12. The predicted octanol–water partition coefficient (Wildman–Crippen LogP) is 3.59.